The van der Waals surface area contributed by atoms with Gasteiger partial charge >= 0.3 is 5.97 Å². The standard InChI is InChI=1S/C30H36ClN3O4S/c1-2-3-4-5-6-7-8-9-10-19-26(35)32-21-27(36)34-33-20-22-15-11-13-17-24(22)38-30(37)29-28(31)23-16-12-14-18-25(23)39-29/h11-18,20H,2-10,19,21H2,1H3,(H,32,35)(H,34,36)/b33-20-. The van der Waals surface area contributed by atoms with Gasteiger partial charge in [0, 0.05) is 22.1 Å². The highest BCUT2D eigenvalue weighted by molar-refractivity contribution is 7.21. The third-order valence-corrected chi connectivity index (χ3v) is 7.84. The molecule has 0 saturated carbocycles. The van der Waals surface area contributed by atoms with Crippen molar-refractivity contribution in [1.82, 2.24) is 10.7 Å². The van der Waals surface area contributed by atoms with E-state index in [0.29, 0.717) is 21.9 Å². The molecule has 0 aliphatic rings. The van der Waals surface area contributed by atoms with Crippen molar-refractivity contribution in [3.05, 3.63) is 64.0 Å². The smallest absolute Gasteiger partial charge is 0.355 e. The Bertz CT molecular complexity index is 1270. The number of amides is 2. The first-order valence-corrected chi connectivity index (χ1v) is 14.8. The molecule has 9 heteroatoms. The van der Waals surface area contributed by atoms with Crippen LogP contribution in [-0.2, 0) is 9.59 Å². The molecule has 1 aromatic heterocycles. The number of carbonyl (C=O) groups is 3. The van der Waals surface area contributed by atoms with Gasteiger partial charge in [-0.2, -0.15) is 5.10 Å². The Hall–Kier alpha value is -3.23. The van der Waals surface area contributed by atoms with E-state index < -0.39 is 11.9 Å². The van der Waals surface area contributed by atoms with Crippen LogP contribution in [0.5, 0.6) is 5.75 Å². The molecule has 0 bridgehead atoms. The van der Waals surface area contributed by atoms with Crippen LogP contribution in [0.3, 0.4) is 0 Å². The van der Waals surface area contributed by atoms with E-state index in [9.17, 15) is 14.4 Å². The number of esters is 1. The number of thiophene rings is 1. The Kier molecular flexibility index (Phi) is 13.0. The van der Waals surface area contributed by atoms with Gasteiger partial charge in [-0.25, -0.2) is 10.2 Å². The lowest BCUT2D eigenvalue weighted by Crippen LogP contribution is -2.34. The Labute approximate surface area is 239 Å². The zero-order chi connectivity index (χ0) is 27.9. The third kappa shape index (κ3) is 10.1. The fourth-order valence-corrected chi connectivity index (χ4v) is 5.43. The molecule has 0 aliphatic heterocycles. The van der Waals surface area contributed by atoms with Crippen molar-refractivity contribution in [3.8, 4) is 5.75 Å². The number of hydrogen-bond acceptors (Lipinski definition) is 6. The molecular formula is C30H36ClN3O4S. The van der Waals surface area contributed by atoms with E-state index in [1.807, 2.05) is 24.3 Å². The van der Waals surface area contributed by atoms with Crippen LogP contribution in [0.25, 0.3) is 10.1 Å². The molecule has 0 radical (unpaired) electrons. The van der Waals surface area contributed by atoms with Crippen molar-refractivity contribution in [2.75, 3.05) is 6.54 Å². The minimum absolute atomic E-state index is 0.144. The second kappa shape index (κ2) is 16.7. The monoisotopic (exact) mass is 569 g/mol. The summed E-state index contributed by atoms with van der Waals surface area (Å²) in [6, 6.07) is 14.3. The minimum atomic E-state index is -0.569. The van der Waals surface area contributed by atoms with Crippen LogP contribution in [0.15, 0.2) is 53.6 Å². The highest BCUT2D eigenvalue weighted by Gasteiger charge is 2.19. The van der Waals surface area contributed by atoms with E-state index in [2.05, 4.69) is 22.8 Å². The van der Waals surface area contributed by atoms with Crippen LogP contribution < -0.4 is 15.5 Å². The van der Waals surface area contributed by atoms with E-state index in [1.54, 1.807) is 24.3 Å². The SMILES string of the molecule is CCCCCCCCCCCC(=O)NCC(=O)N/N=C\c1ccccc1OC(=O)c1sc2ccccc2c1Cl. The summed E-state index contributed by atoms with van der Waals surface area (Å²) < 4.78 is 6.48. The summed E-state index contributed by atoms with van der Waals surface area (Å²) in [5.41, 5.74) is 2.88. The third-order valence-electron chi connectivity index (χ3n) is 6.19. The fraction of sp³-hybridized carbons (Fsp3) is 0.400. The number of halogens is 1. The Morgan fingerprint density at radius 3 is 2.31 bits per heavy atom. The molecule has 2 N–H and O–H groups in total. The summed E-state index contributed by atoms with van der Waals surface area (Å²) in [5, 5.41) is 7.73. The predicted octanol–water partition coefficient (Wildman–Crippen LogP) is 7.26. The topological polar surface area (TPSA) is 96.9 Å². The van der Waals surface area contributed by atoms with Gasteiger partial charge in [0.05, 0.1) is 17.8 Å². The molecule has 0 aliphatic carbocycles. The Morgan fingerprint density at radius 1 is 0.897 bits per heavy atom. The molecule has 2 amide bonds. The summed E-state index contributed by atoms with van der Waals surface area (Å²) in [4.78, 5) is 37.2. The number of fused-ring (bicyclic) bond motifs is 1. The molecule has 0 fully saturated rings. The van der Waals surface area contributed by atoms with Crippen molar-refractivity contribution in [2.24, 2.45) is 5.10 Å². The first-order valence-electron chi connectivity index (χ1n) is 13.6. The van der Waals surface area contributed by atoms with E-state index in [-0.39, 0.29) is 18.2 Å². The van der Waals surface area contributed by atoms with Gasteiger partial charge < -0.3 is 10.1 Å². The molecule has 0 atom stereocenters. The zero-order valence-corrected chi connectivity index (χ0v) is 23.9. The predicted molar refractivity (Wildman–Crippen MR) is 159 cm³/mol. The maximum atomic E-state index is 12.8. The van der Waals surface area contributed by atoms with Crippen molar-refractivity contribution in [3.63, 3.8) is 0 Å². The number of carbonyl (C=O) groups excluding carboxylic acids is 3. The molecule has 208 valence electrons. The van der Waals surface area contributed by atoms with Gasteiger partial charge in [0.15, 0.2) is 0 Å². The molecule has 0 spiro atoms. The number of nitrogens with one attached hydrogen (secondary N) is 2. The lowest BCUT2D eigenvalue weighted by molar-refractivity contribution is -0.126. The van der Waals surface area contributed by atoms with Gasteiger partial charge in [0.2, 0.25) is 5.91 Å². The number of para-hydroxylation sites is 1. The van der Waals surface area contributed by atoms with Gasteiger partial charge in [0.25, 0.3) is 5.91 Å². The highest BCUT2D eigenvalue weighted by atomic mass is 35.5. The average Bonchev–Trinajstić information content (AvgIpc) is 3.28. The number of ether oxygens (including phenoxy) is 1. The largest absolute Gasteiger partial charge is 0.422 e. The van der Waals surface area contributed by atoms with Gasteiger partial charge in [0.1, 0.15) is 10.6 Å². The first-order chi connectivity index (χ1) is 19.0. The summed E-state index contributed by atoms with van der Waals surface area (Å²) in [5.74, 6) is -0.878. The van der Waals surface area contributed by atoms with Crippen LogP contribution in [0.1, 0.15) is 86.4 Å². The van der Waals surface area contributed by atoms with Gasteiger partial charge in [-0.1, -0.05) is 100 Å². The summed E-state index contributed by atoms with van der Waals surface area (Å²) in [6.45, 7) is 2.06. The van der Waals surface area contributed by atoms with Crippen LogP contribution in [0.2, 0.25) is 5.02 Å². The lowest BCUT2D eigenvalue weighted by atomic mass is 10.1. The maximum Gasteiger partial charge on any atom is 0.355 e. The molecule has 0 saturated heterocycles. The van der Waals surface area contributed by atoms with Crippen LogP contribution in [0.4, 0.5) is 0 Å². The Balaban J connectivity index is 1.38. The van der Waals surface area contributed by atoms with E-state index in [4.69, 9.17) is 16.3 Å². The number of nitrogens with zero attached hydrogens (tertiary/aromatic N) is 1. The number of unbranched alkanes of at least 4 members (excludes halogenated alkanes) is 8. The molecule has 1 heterocycles. The van der Waals surface area contributed by atoms with Crippen LogP contribution in [0, 0.1) is 0 Å². The van der Waals surface area contributed by atoms with Crippen molar-refractivity contribution >= 4 is 57.0 Å². The lowest BCUT2D eigenvalue weighted by Gasteiger charge is -2.07. The van der Waals surface area contributed by atoms with Gasteiger partial charge in [-0.15, -0.1) is 11.3 Å². The molecule has 7 nitrogen and oxygen atoms in total. The summed E-state index contributed by atoms with van der Waals surface area (Å²) in [7, 11) is 0. The highest BCUT2D eigenvalue weighted by Crippen LogP contribution is 2.36. The number of hydrazone groups is 1. The molecule has 3 aromatic rings. The van der Waals surface area contributed by atoms with Crippen molar-refractivity contribution in [1.29, 1.82) is 0 Å². The fourth-order valence-electron chi connectivity index (χ4n) is 4.05. The van der Waals surface area contributed by atoms with Gasteiger partial charge in [-0.3, -0.25) is 9.59 Å². The molecule has 0 unspecified atom stereocenters. The number of rotatable bonds is 16. The maximum absolute atomic E-state index is 12.8. The number of benzene rings is 2. The van der Waals surface area contributed by atoms with Crippen LogP contribution >= 0.6 is 22.9 Å². The second-order valence-corrected chi connectivity index (χ2v) is 10.7. The van der Waals surface area contributed by atoms with Crippen LogP contribution in [-0.4, -0.2) is 30.5 Å². The van der Waals surface area contributed by atoms with Crippen molar-refractivity contribution < 1.29 is 19.1 Å². The quantitative estimate of drug-likeness (QED) is 0.0623. The average molecular weight is 570 g/mol. The summed E-state index contributed by atoms with van der Waals surface area (Å²) in [6.07, 6.45) is 12.4. The molecular weight excluding hydrogens is 534 g/mol. The Morgan fingerprint density at radius 2 is 1.56 bits per heavy atom. The van der Waals surface area contributed by atoms with E-state index in [1.165, 1.54) is 56.1 Å². The van der Waals surface area contributed by atoms with Gasteiger partial charge in [-0.05, 0) is 24.6 Å². The van der Waals surface area contributed by atoms with Crippen molar-refractivity contribution in [2.45, 2.75) is 71.1 Å². The molecule has 3 rings (SSSR count). The first kappa shape index (κ1) is 30.3. The zero-order valence-electron chi connectivity index (χ0n) is 22.3. The summed E-state index contributed by atoms with van der Waals surface area (Å²) >= 11 is 7.67. The van der Waals surface area contributed by atoms with E-state index in [0.717, 1.165) is 29.3 Å². The minimum Gasteiger partial charge on any atom is -0.422 e. The van der Waals surface area contributed by atoms with E-state index >= 15 is 0 Å². The second-order valence-electron chi connectivity index (χ2n) is 9.32. The number of hydrogen-bond donors (Lipinski definition) is 2. The molecule has 2 aromatic carbocycles. The normalized spacial score (nSPS) is 11.1. The molecule has 39 heavy (non-hydrogen) atoms.